The Bertz CT molecular complexity index is 742. The van der Waals surface area contributed by atoms with Gasteiger partial charge in [-0.1, -0.05) is 17.7 Å². The predicted octanol–water partition coefficient (Wildman–Crippen LogP) is 4.54. The van der Waals surface area contributed by atoms with Gasteiger partial charge < -0.3 is 9.73 Å². The van der Waals surface area contributed by atoms with Crippen LogP contribution in [0.5, 0.6) is 0 Å². The van der Waals surface area contributed by atoms with E-state index >= 15 is 0 Å². The van der Waals surface area contributed by atoms with Crippen LogP contribution < -0.4 is 5.32 Å². The molecule has 102 valence electrons. The van der Waals surface area contributed by atoms with Gasteiger partial charge in [0.1, 0.15) is 5.52 Å². The molecule has 0 fully saturated rings. The number of aromatic nitrogens is 1. The summed E-state index contributed by atoms with van der Waals surface area (Å²) in [7, 11) is 0. The van der Waals surface area contributed by atoms with E-state index in [0.717, 1.165) is 34.5 Å². The molecule has 2 aromatic carbocycles. The summed E-state index contributed by atoms with van der Waals surface area (Å²) in [5.41, 5.74) is 6.19. The minimum atomic E-state index is 0.678. The minimum absolute atomic E-state index is 0.678. The molecule has 0 amide bonds. The van der Waals surface area contributed by atoms with Crippen LogP contribution in [0.2, 0.25) is 0 Å². The maximum absolute atomic E-state index is 5.92. The lowest BCUT2D eigenvalue weighted by Gasteiger charge is -2.03. The van der Waals surface area contributed by atoms with Gasteiger partial charge in [0.15, 0.2) is 5.58 Å². The molecule has 0 bridgehead atoms. The molecule has 3 heteroatoms. The van der Waals surface area contributed by atoms with E-state index < -0.39 is 0 Å². The largest absolute Gasteiger partial charge is 0.436 e. The molecule has 3 aromatic rings. The number of hydrogen-bond acceptors (Lipinski definition) is 3. The zero-order valence-electron chi connectivity index (χ0n) is 12.0. The Morgan fingerprint density at radius 3 is 2.55 bits per heavy atom. The van der Waals surface area contributed by atoms with Crippen LogP contribution in [0.25, 0.3) is 22.6 Å². The van der Waals surface area contributed by atoms with Crippen LogP contribution in [0.3, 0.4) is 0 Å². The lowest BCUT2D eigenvalue weighted by atomic mass is 10.1. The van der Waals surface area contributed by atoms with Crippen molar-refractivity contribution in [2.24, 2.45) is 0 Å². The van der Waals surface area contributed by atoms with E-state index in [1.54, 1.807) is 0 Å². The van der Waals surface area contributed by atoms with Gasteiger partial charge in [0, 0.05) is 17.8 Å². The summed E-state index contributed by atoms with van der Waals surface area (Å²) >= 11 is 0. The highest BCUT2D eigenvalue weighted by atomic mass is 16.3. The Labute approximate surface area is 118 Å². The summed E-state index contributed by atoms with van der Waals surface area (Å²) in [6.45, 7) is 7.10. The van der Waals surface area contributed by atoms with Crippen molar-refractivity contribution in [3.05, 3.63) is 47.5 Å². The molecule has 3 nitrogen and oxygen atoms in total. The van der Waals surface area contributed by atoms with Gasteiger partial charge in [0.25, 0.3) is 0 Å². The summed E-state index contributed by atoms with van der Waals surface area (Å²) < 4.78 is 5.92. The molecule has 1 aromatic heterocycles. The number of benzene rings is 2. The maximum Gasteiger partial charge on any atom is 0.227 e. The first-order valence-electron chi connectivity index (χ1n) is 6.89. The summed E-state index contributed by atoms with van der Waals surface area (Å²) in [6, 6.07) is 12.4. The third-order valence-corrected chi connectivity index (χ3v) is 3.36. The second-order valence-corrected chi connectivity index (χ2v) is 5.06. The van der Waals surface area contributed by atoms with E-state index in [1.807, 2.05) is 25.1 Å². The number of oxazole rings is 1. The highest BCUT2D eigenvalue weighted by Crippen LogP contribution is 2.29. The van der Waals surface area contributed by atoms with Gasteiger partial charge in [0.2, 0.25) is 5.89 Å². The van der Waals surface area contributed by atoms with E-state index in [-0.39, 0.29) is 0 Å². The van der Waals surface area contributed by atoms with Gasteiger partial charge in [-0.05, 0) is 50.6 Å². The third-order valence-electron chi connectivity index (χ3n) is 3.36. The molecule has 20 heavy (non-hydrogen) atoms. The molecule has 0 aliphatic heterocycles. The highest BCUT2D eigenvalue weighted by molar-refractivity contribution is 5.83. The zero-order valence-corrected chi connectivity index (χ0v) is 12.0. The van der Waals surface area contributed by atoms with Crippen LogP contribution in [0.1, 0.15) is 18.1 Å². The molecule has 0 unspecified atom stereocenters. The van der Waals surface area contributed by atoms with Crippen molar-refractivity contribution in [2.75, 3.05) is 11.9 Å². The Hall–Kier alpha value is -2.29. The van der Waals surface area contributed by atoms with Gasteiger partial charge in [-0.3, -0.25) is 0 Å². The molecule has 3 rings (SSSR count). The Balaban J connectivity index is 2.10. The second kappa shape index (κ2) is 5.00. The molecule has 1 N–H and O–H groups in total. The van der Waals surface area contributed by atoms with Crippen molar-refractivity contribution >= 4 is 16.8 Å². The fourth-order valence-corrected chi connectivity index (χ4v) is 2.33. The van der Waals surface area contributed by atoms with E-state index in [4.69, 9.17) is 4.42 Å². The maximum atomic E-state index is 5.92. The molecule has 1 heterocycles. The van der Waals surface area contributed by atoms with Crippen LogP contribution in [0.15, 0.2) is 40.8 Å². The van der Waals surface area contributed by atoms with Crippen molar-refractivity contribution in [3.63, 3.8) is 0 Å². The van der Waals surface area contributed by atoms with Crippen molar-refractivity contribution in [3.8, 4) is 11.5 Å². The highest BCUT2D eigenvalue weighted by Gasteiger charge is 2.11. The number of anilines is 1. The molecule has 0 radical (unpaired) electrons. The lowest BCUT2D eigenvalue weighted by molar-refractivity contribution is 0.617. The Kier molecular flexibility index (Phi) is 3.18. The van der Waals surface area contributed by atoms with Crippen LogP contribution >= 0.6 is 0 Å². The van der Waals surface area contributed by atoms with E-state index in [0.29, 0.717) is 5.89 Å². The van der Waals surface area contributed by atoms with Crippen molar-refractivity contribution in [1.29, 1.82) is 0 Å². The number of fused-ring (bicyclic) bond motifs is 1. The quantitative estimate of drug-likeness (QED) is 0.756. The van der Waals surface area contributed by atoms with Gasteiger partial charge in [0.05, 0.1) is 0 Å². The second-order valence-electron chi connectivity index (χ2n) is 5.06. The first-order chi connectivity index (χ1) is 9.67. The van der Waals surface area contributed by atoms with Crippen molar-refractivity contribution < 1.29 is 4.42 Å². The monoisotopic (exact) mass is 266 g/mol. The van der Waals surface area contributed by atoms with Crippen LogP contribution in [0.4, 0.5) is 5.69 Å². The molecule has 0 aliphatic carbocycles. The number of nitrogens with zero attached hydrogens (tertiary/aromatic N) is 1. The number of aryl methyl sites for hydroxylation is 2. The molecule has 0 saturated carbocycles. The van der Waals surface area contributed by atoms with Gasteiger partial charge >= 0.3 is 0 Å². The van der Waals surface area contributed by atoms with Gasteiger partial charge in [-0.2, -0.15) is 0 Å². The van der Waals surface area contributed by atoms with Crippen LogP contribution in [0, 0.1) is 13.8 Å². The minimum Gasteiger partial charge on any atom is -0.436 e. The SMILES string of the molecule is CCNc1cc(C)c2oc(-c3ccc(C)cc3)nc2c1. The fourth-order valence-electron chi connectivity index (χ4n) is 2.33. The van der Waals surface area contributed by atoms with Crippen LogP contribution in [-0.2, 0) is 0 Å². The Morgan fingerprint density at radius 1 is 1.10 bits per heavy atom. The summed E-state index contributed by atoms with van der Waals surface area (Å²) in [4.78, 5) is 4.61. The molecule has 0 atom stereocenters. The molecule has 0 spiro atoms. The number of hydrogen-bond donors (Lipinski definition) is 1. The summed E-state index contributed by atoms with van der Waals surface area (Å²) in [6.07, 6.45) is 0. The first kappa shape index (κ1) is 12.7. The molecule has 0 saturated heterocycles. The fraction of sp³-hybridized carbons (Fsp3) is 0.235. The van der Waals surface area contributed by atoms with Crippen molar-refractivity contribution in [1.82, 2.24) is 4.98 Å². The molecular formula is C17H18N2O. The Morgan fingerprint density at radius 2 is 1.85 bits per heavy atom. The number of rotatable bonds is 3. The average molecular weight is 266 g/mol. The molecular weight excluding hydrogens is 248 g/mol. The van der Waals surface area contributed by atoms with E-state index in [2.05, 4.69) is 42.3 Å². The predicted molar refractivity (Wildman–Crippen MR) is 83.1 cm³/mol. The van der Waals surface area contributed by atoms with E-state index in [9.17, 15) is 0 Å². The average Bonchev–Trinajstić information content (AvgIpc) is 2.84. The molecule has 0 aliphatic rings. The van der Waals surface area contributed by atoms with Crippen molar-refractivity contribution in [2.45, 2.75) is 20.8 Å². The van der Waals surface area contributed by atoms with E-state index in [1.165, 1.54) is 5.56 Å². The summed E-state index contributed by atoms with van der Waals surface area (Å²) in [5.74, 6) is 0.678. The standard InChI is InChI=1S/C17H18N2O/c1-4-18-14-9-12(3)16-15(10-14)19-17(20-16)13-7-5-11(2)6-8-13/h5-10,18H,4H2,1-3H3. The topological polar surface area (TPSA) is 38.1 Å². The van der Waals surface area contributed by atoms with Gasteiger partial charge in [-0.15, -0.1) is 0 Å². The number of nitrogens with one attached hydrogen (secondary N) is 1. The third kappa shape index (κ3) is 2.27. The summed E-state index contributed by atoms with van der Waals surface area (Å²) in [5, 5.41) is 3.32. The first-order valence-corrected chi connectivity index (χ1v) is 6.89. The van der Waals surface area contributed by atoms with Crippen LogP contribution in [-0.4, -0.2) is 11.5 Å². The normalized spacial score (nSPS) is 10.9. The lowest BCUT2D eigenvalue weighted by Crippen LogP contribution is -1.96. The smallest absolute Gasteiger partial charge is 0.227 e. The zero-order chi connectivity index (χ0) is 14.1. The van der Waals surface area contributed by atoms with Gasteiger partial charge in [-0.25, -0.2) is 4.98 Å².